The average Bonchev–Trinajstić information content (AvgIpc) is 2.99. The molecule has 2 nitrogen and oxygen atoms in total. The molecule has 2 heterocycles. The van der Waals surface area contributed by atoms with E-state index in [0.29, 0.717) is 11.3 Å². The Labute approximate surface area is 137 Å². The van der Waals surface area contributed by atoms with Gasteiger partial charge >= 0.3 is 6.18 Å². The lowest BCUT2D eigenvalue weighted by molar-refractivity contribution is -0.137. The molecule has 0 unspecified atom stereocenters. The van der Waals surface area contributed by atoms with Crippen molar-refractivity contribution in [2.75, 3.05) is 12.4 Å². The summed E-state index contributed by atoms with van der Waals surface area (Å²) < 4.78 is 43.4. The van der Waals surface area contributed by atoms with Crippen LogP contribution >= 0.6 is 11.8 Å². The maximum Gasteiger partial charge on any atom is 0.417 e. The predicted molar refractivity (Wildman–Crippen MR) is 84.7 cm³/mol. The van der Waals surface area contributed by atoms with Gasteiger partial charge in [-0.3, -0.25) is 4.98 Å². The Balaban J connectivity index is 1.50. The topological polar surface area (TPSA) is 22.1 Å². The average molecular weight is 339 g/mol. The zero-order chi connectivity index (χ0) is 16.3. The van der Waals surface area contributed by atoms with Crippen LogP contribution in [0, 0.1) is 0 Å². The molecule has 0 aliphatic carbocycles. The first-order chi connectivity index (χ1) is 11.0. The molecule has 1 aliphatic rings. The Kier molecular flexibility index (Phi) is 4.80. The van der Waals surface area contributed by atoms with Crippen LogP contribution < -0.4 is 4.74 Å². The molecule has 0 atom stereocenters. The number of rotatable bonds is 5. The SMILES string of the molecule is FC(F)(F)c1cncc(CSCCc2ccc3c(c2)CCO3)c1. The molecule has 0 N–H and O–H groups in total. The maximum absolute atomic E-state index is 12.6. The fraction of sp³-hybridized carbons (Fsp3) is 0.353. The number of benzene rings is 1. The van der Waals surface area contributed by atoms with Crippen LogP contribution in [-0.4, -0.2) is 17.3 Å². The Morgan fingerprint density at radius 3 is 2.83 bits per heavy atom. The first kappa shape index (κ1) is 16.2. The van der Waals surface area contributed by atoms with Crippen LogP contribution in [0.1, 0.15) is 22.3 Å². The van der Waals surface area contributed by atoms with Crippen molar-refractivity contribution in [1.29, 1.82) is 0 Å². The summed E-state index contributed by atoms with van der Waals surface area (Å²) >= 11 is 1.62. The Bertz CT molecular complexity index is 688. The monoisotopic (exact) mass is 339 g/mol. The van der Waals surface area contributed by atoms with Gasteiger partial charge in [0.25, 0.3) is 0 Å². The lowest BCUT2D eigenvalue weighted by Gasteiger charge is -2.08. The molecule has 0 saturated carbocycles. The Morgan fingerprint density at radius 1 is 1.13 bits per heavy atom. The minimum atomic E-state index is -4.33. The highest BCUT2D eigenvalue weighted by molar-refractivity contribution is 7.98. The van der Waals surface area contributed by atoms with E-state index in [2.05, 4.69) is 17.1 Å². The van der Waals surface area contributed by atoms with Gasteiger partial charge in [0.15, 0.2) is 0 Å². The standard InChI is InChI=1S/C17H16F3NOS/c18-17(19,20)15-8-13(9-21-10-15)11-23-6-4-12-1-2-16-14(7-12)3-5-22-16/h1-2,7-10H,3-6,11H2. The number of aromatic nitrogens is 1. The quantitative estimate of drug-likeness (QED) is 0.748. The molecule has 0 saturated heterocycles. The summed E-state index contributed by atoms with van der Waals surface area (Å²) in [5.41, 5.74) is 2.40. The third-order valence-corrected chi connectivity index (χ3v) is 4.71. The number of hydrogen-bond donors (Lipinski definition) is 0. The third-order valence-electron chi connectivity index (χ3n) is 3.68. The fourth-order valence-electron chi connectivity index (χ4n) is 2.50. The van der Waals surface area contributed by atoms with Gasteiger partial charge in [0.1, 0.15) is 5.75 Å². The van der Waals surface area contributed by atoms with Crippen molar-refractivity contribution in [2.24, 2.45) is 0 Å². The number of halogens is 3. The number of pyridine rings is 1. The van der Waals surface area contributed by atoms with Crippen molar-refractivity contribution in [3.63, 3.8) is 0 Å². The summed E-state index contributed by atoms with van der Waals surface area (Å²) in [6, 6.07) is 7.39. The van der Waals surface area contributed by atoms with E-state index in [-0.39, 0.29) is 0 Å². The lowest BCUT2D eigenvalue weighted by atomic mass is 10.1. The highest BCUT2D eigenvalue weighted by Crippen LogP contribution is 2.30. The van der Waals surface area contributed by atoms with Gasteiger partial charge in [0, 0.05) is 24.6 Å². The molecule has 2 aromatic rings. The third kappa shape index (κ3) is 4.19. The van der Waals surface area contributed by atoms with Gasteiger partial charge in [-0.25, -0.2) is 0 Å². The van der Waals surface area contributed by atoms with Crippen molar-refractivity contribution >= 4 is 11.8 Å². The summed E-state index contributed by atoms with van der Waals surface area (Å²) in [6.07, 6.45) is -0.132. The second-order valence-electron chi connectivity index (χ2n) is 5.42. The van der Waals surface area contributed by atoms with E-state index in [9.17, 15) is 13.2 Å². The second-order valence-corrected chi connectivity index (χ2v) is 6.53. The van der Waals surface area contributed by atoms with E-state index in [4.69, 9.17) is 4.74 Å². The smallest absolute Gasteiger partial charge is 0.417 e. The van der Waals surface area contributed by atoms with Gasteiger partial charge in [-0.05, 0) is 41.0 Å². The van der Waals surface area contributed by atoms with Crippen molar-refractivity contribution in [3.8, 4) is 5.75 Å². The second kappa shape index (κ2) is 6.83. The molecule has 0 fully saturated rings. The van der Waals surface area contributed by atoms with E-state index >= 15 is 0 Å². The number of ether oxygens (including phenoxy) is 1. The first-order valence-electron chi connectivity index (χ1n) is 7.36. The molecule has 0 amide bonds. The highest BCUT2D eigenvalue weighted by Gasteiger charge is 2.30. The van der Waals surface area contributed by atoms with E-state index in [1.165, 1.54) is 23.4 Å². The van der Waals surface area contributed by atoms with E-state index < -0.39 is 11.7 Å². The lowest BCUT2D eigenvalue weighted by Crippen LogP contribution is -2.06. The van der Waals surface area contributed by atoms with Crippen LogP contribution in [0.15, 0.2) is 36.7 Å². The number of alkyl halides is 3. The molecular weight excluding hydrogens is 323 g/mol. The maximum atomic E-state index is 12.6. The van der Waals surface area contributed by atoms with Crippen LogP contribution in [0.25, 0.3) is 0 Å². The van der Waals surface area contributed by atoms with Gasteiger partial charge in [0.05, 0.1) is 12.2 Å². The van der Waals surface area contributed by atoms with Gasteiger partial charge in [-0.1, -0.05) is 12.1 Å². The molecule has 0 radical (unpaired) electrons. The summed E-state index contributed by atoms with van der Waals surface area (Å²) in [5.74, 6) is 2.36. The van der Waals surface area contributed by atoms with Crippen LogP contribution in [0.4, 0.5) is 13.2 Å². The molecule has 0 bridgehead atoms. The molecule has 23 heavy (non-hydrogen) atoms. The van der Waals surface area contributed by atoms with E-state index in [1.807, 2.05) is 6.07 Å². The molecule has 3 rings (SSSR count). The molecule has 6 heteroatoms. The summed E-state index contributed by atoms with van der Waals surface area (Å²) in [7, 11) is 0. The number of thioether (sulfide) groups is 1. The molecular formula is C17H16F3NOS. The molecule has 1 aromatic carbocycles. The zero-order valence-electron chi connectivity index (χ0n) is 12.4. The van der Waals surface area contributed by atoms with Gasteiger partial charge in [-0.2, -0.15) is 24.9 Å². The minimum Gasteiger partial charge on any atom is -0.493 e. The van der Waals surface area contributed by atoms with Crippen LogP contribution in [0.5, 0.6) is 5.75 Å². The predicted octanol–water partition coefficient (Wildman–Crippen LogP) is 4.51. The fourth-order valence-corrected chi connectivity index (χ4v) is 3.41. The van der Waals surface area contributed by atoms with Gasteiger partial charge in [-0.15, -0.1) is 0 Å². The normalized spacial score (nSPS) is 13.7. The summed E-state index contributed by atoms with van der Waals surface area (Å²) in [4.78, 5) is 3.68. The number of fused-ring (bicyclic) bond motifs is 1. The first-order valence-corrected chi connectivity index (χ1v) is 8.51. The van der Waals surface area contributed by atoms with Gasteiger partial charge < -0.3 is 4.74 Å². The van der Waals surface area contributed by atoms with Crippen LogP contribution in [0.3, 0.4) is 0 Å². The zero-order valence-corrected chi connectivity index (χ0v) is 13.2. The largest absolute Gasteiger partial charge is 0.493 e. The summed E-state index contributed by atoms with van der Waals surface area (Å²) in [6.45, 7) is 0.746. The van der Waals surface area contributed by atoms with Crippen molar-refractivity contribution in [3.05, 3.63) is 58.9 Å². The Morgan fingerprint density at radius 2 is 2.00 bits per heavy atom. The van der Waals surface area contributed by atoms with E-state index in [0.717, 1.165) is 37.1 Å². The van der Waals surface area contributed by atoms with Crippen LogP contribution in [-0.2, 0) is 24.8 Å². The minimum absolute atomic E-state index is 0.533. The summed E-state index contributed by atoms with van der Waals surface area (Å²) in [5, 5.41) is 0. The highest BCUT2D eigenvalue weighted by atomic mass is 32.2. The van der Waals surface area contributed by atoms with Crippen molar-refractivity contribution in [1.82, 2.24) is 4.98 Å². The van der Waals surface area contributed by atoms with Gasteiger partial charge in [0.2, 0.25) is 0 Å². The number of aryl methyl sites for hydroxylation is 1. The molecule has 1 aromatic heterocycles. The number of nitrogens with zero attached hydrogens (tertiary/aromatic N) is 1. The number of hydrogen-bond acceptors (Lipinski definition) is 3. The molecule has 1 aliphatic heterocycles. The van der Waals surface area contributed by atoms with Crippen LogP contribution in [0.2, 0.25) is 0 Å². The Hall–Kier alpha value is -1.69. The van der Waals surface area contributed by atoms with Crippen molar-refractivity contribution in [2.45, 2.75) is 24.8 Å². The van der Waals surface area contributed by atoms with Crippen molar-refractivity contribution < 1.29 is 17.9 Å². The molecule has 122 valence electrons. The molecule has 0 spiro atoms. The van der Waals surface area contributed by atoms with E-state index in [1.54, 1.807) is 11.8 Å².